The van der Waals surface area contributed by atoms with Crippen LogP contribution in [0.25, 0.3) is 0 Å². The lowest BCUT2D eigenvalue weighted by Gasteiger charge is -2.00. The Kier molecular flexibility index (Phi) is 3.59. The third-order valence-electron chi connectivity index (χ3n) is 1.45. The van der Waals surface area contributed by atoms with E-state index in [0.717, 1.165) is 6.20 Å². The third-order valence-corrected chi connectivity index (χ3v) is 3.35. The normalized spacial score (nSPS) is 11.1. The van der Waals surface area contributed by atoms with Crippen molar-refractivity contribution in [1.29, 1.82) is 0 Å². The summed E-state index contributed by atoms with van der Waals surface area (Å²) in [5.74, 6) is -0.733. The predicted octanol–water partition coefficient (Wildman–Crippen LogP) is 0.233. The molecule has 0 amide bonds. The van der Waals surface area contributed by atoms with Crippen LogP contribution in [0.2, 0.25) is 0 Å². The fourth-order valence-electron chi connectivity index (χ4n) is 0.758. The number of nitrogens with zero attached hydrogens (tertiary/aromatic N) is 2. The van der Waals surface area contributed by atoms with Gasteiger partial charge in [0.2, 0.25) is 15.0 Å². The fraction of sp³-hybridized carbons (Fsp3) is 0.286. The van der Waals surface area contributed by atoms with Gasteiger partial charge in [-0.2, -0.15) is 0 Å². The molecular formula is C7H7ClN2O4S. The fourth-order valence-corrected chi connectivity index (χ4v) is 1.61. The van der Waals surface area contributed by atoms with Gasteiger partial charge in [-0.15, -0.1) is 11.6 Å². The van der Waals surface area contributed by atoms with Crippen molar-refractivity contribution in [3.05, 3.63) is 18.0 Å². The van der Waals surface area contributed by atoms with Crippen molar-refractivity contribution < 1.29 is 17.9 Å². The van der Waals surface area contributed by atoms with Crippen LogP contribution in [0.5, 0.6) is 0 Å². The van der Waals surface area contributed by atoms with E-state index in [1.165, 1.54) is 13.2 Å². The number of hydrogen-bond acceptors (Lipinski definition) is 6. The number of alkyl halides is 1. The summed E-state index contributed by atoms with van der Waals surface area (Å²) in [6.07, 6.45) is 1.15. The average molecular weight is 251 g/mol. The maximum atomic E-state index is 11.3. The molecule has 0 N–H and O–H groups in total. The van der Waals surface area contributed by atoms with Crippen LogP contribution in [0.3, 0.4) is 0 Å². The molecule has 0 unspecified atom stereocenters. The summed E-state index contributed by atoms with van der Waals surface area (Å²) < 4.78 is 26.9. The molecule has 0 saturated carbocycles. The maximum absolute atomic E-state index is 11.3. The lowest BCUT2D eigenvalue weighted by Crippen LogP contribution is -2.12. The summed E-state index contributed by atoms with van der Waals surface area (Å²) in [4.78, 5) is 18.1. The molecule has 0 aliphatic carbocycles. The molecule has 1 aromatic heterocycles. The van der Waals surface area contributed by atoms with E-state index in [2.05, 4.69) is 14.7 Å². The maximum Gasteiger partial charge on any atom is 0.356 e. The molecule has 82 valence electrons. The Bertz CT molecular complexity index is 474. The van der Waals surface area contributed by atoms with Crippen molar-refractivity contribution >= 4 is 27.4 Å². The molecule has 0 aliphatic heterocycles. The van der Waals surface area contributed by atoms with Crippen LogP contribution in [-0.2, 0) is 14.6 Å². The van der Waals surface area contributed by atoms with Gasteiger partial charge in [0.05, 0.1) is 7.11 Å². The zero-order valence-electron chi connectivity index (χ0n) is 7.68. The van der Waals surface area contributed by atoms with Crippen molar-refractivity contribution in [3.8, 4) is 0 Å². The van der Waals surface area contributed by atoms with Crippen LogP contribution in [0.4, 0.5) is 0 Å². The zero-order chi connectivity index (χ0) is 11.5. The van der Waals surface area contributed by atoms with Crippen LogP contribution in [0.15, 0.2) is 17.4 Å². The van der Waals surface area contributed by atoms with Gasteiger partial charge >= 0.3 is 5.97 Å². The topological polar surface area (TPSA) is 86.2 Å². The quantitative estimate of drug-likeness (QED) is 0.434. The van der Waals surface area contributed by atoms with Gasteiger partial charge in [0, 0.05) is 6.20 Å². The monoisotopic (exact) mass is 250 g/mol. The number of carbonyl (C=O) groups excluding carboxylic acids is 1. The van der Waals surface area contributed by atoms with Crippen molar-refractivity contribution in [3.63, 3.8) is 0 Å². The van der Waals surface area contributed by atoms with Gasteiger partial charge in [0.1, 0.15) is 5.21 Å². The first-order valence-electron chi connectivity index (χ1n) is 3.71. The van der Waals surface area contributed by atoms with Crippen LogP contribution in [0.1, 0.15) is 10.5 Å². The molecule has 0 bridgehead atoms. The summed E-state index contributed by atoms with van der Waals surface area (Å²) in [6, 6.07) is 1.25. The molecule has 15 heavy (non-hydrogen) atoms. The van der Waals surface area contributed by atoms with Crippen molar-refractivity contribution in [2.45, 2.75) is 5.16 Å². The molecule has 0 saturated heterocycles. The molecule has 0 fully saturated rings. The van der Waals surface area contributed by atoms with E-state index in [9.17, 15) is 13.2 Å². The minimum Gasteiger partial charge on any atom is -0.464 e. The highest BCUT2D eigenvalue weighted by Crippen LogP contribution is 2.07. The second-order valence-corrected chi connectivity index (χ2v) is 4.91. The second-order valence-electron chi connectivity index (χ2n) is 2.44. The first-order chi connectivity index (χ1) is 7.01. The van der Waals surface area contributed by atoms with Gasteiger partial charge in [-0.1, -0.05) is 0 Å². The average Bonchev–Trinajstić information content (AvgIpc) is 2.28. The van der Waals surface area contributed by atoms with Gasteiger partial charge in [-0.3, -0.25) is 0 Å². The summed E-state index contributed by atoms with van der Waals surface area (Å²) >= 11 is 5.21. The van der Waals surface area contributed by atoms with E-state index >= 15 is 0 Å². The molecule has 0 aromatic carbocycles. The van der Waals surface area contributed by atoms with Crippen LogP contribution < -0.4 is 0 Å². The first-order valence-corrected chi connectivity index (χ1v) is 5.90. The lowest BCUT2D eigenvalue weighted by atomic mass is 10.4. The third kappa shape index (κ3) is 2.63. The molecule has 8 heteroatoms. The van der Waals surface area contributed by atoms with E-state index in [1.807, 2.05) is 0 Å². The second kappa shape index (κ2) is 4.54. The standard InChI is InChI=1S/C7H7ClN2O4S/c1-14-6(11)5-2-3-9-7(10-5)15(12,13)4-8/h2-3H,4H2,1H3. The van der Waals surface area contributed by atoms with Crippen LogP contribution in [-0.4, -0.2) is 36.7 Å². The number of hydrogen-bond donors (Lipinski definition) is 0. The van der Waals surface area contributed by atoms with Crippen LogP contribution >= 0.6 is 11.6 Å². The zero-order valence-corrected chi connectivity index (χ0v) is 9.25. The van der Waals surface area contributed by atoms with Gasteiger partial charge in [0.15, 0.2) is 5.69 Å². The number of halogens is 1. The highest BCUT2D eigenvalue weighted by atomic mass is 35.5. The van der Waals surface area contributed by atoms with E-state index in [1.54, 1.807) is 0 Å². The predicted molar refractivity (Wildman–Crippen MR) is 51.3 cm³/mol. The lowest BCUT2D eigenvalue weighted by molar-refractivity contribution is 0.0593. The molecule has 0 aliphatic rings. The summed E-state index contributed by atoms with van der Waals surface area (Å²) in [6.45, 7) is 0. The number of rotatable bonds is 3. The van der Waals surface area contributed by atoms with E-state index in [-0.39, 0.29) is 5.69 Å². The summed E-state index contributed by atoms with van der Waals surface area (Å²) in [7, 11) is -2.56. The Morgan fingerprint density at radius 3 is 2.80 bits per heavy atom. The van der Waals surface area contributed by atoms with Gasteiger partial charge < -0.3 is 4.74 Å². The highest BCUT2D eigenvalue weighted by Gasteiger charge is 2.18. The number of sulfone groups is 1. The minimum atomic E-state index is -3.73. The van der Waals surface area contributed by atoms with Crippen molar-refractivity contribution in [1.82, 2.24) is 9.97 Å². The highest BCUT2D eigenvalue weighted by molar-refractivity contribution is 7.92. The first kappa shape index (κ1) is 11.9. The Morgan fingerprint density at radius 1 is 1.60 bits per heavy atom. The Morgan fingerprint density at radius 2 is 2.27 bits per heavy atom. The largest absolute Gasteiger partial charge is 0.464 e. The number of esters is 1. The van der Waals surface area contributed by atoms with E-state index < -0.39 is 26.2 Å². The molecule has 0 radical (unpaired) electrons. The Hall–Kier alpha value is -1.21. The molecule has 1 aromatic rings. The number of ether oxygens (including phenoxy) is 1. The van der Waals surface area contributed by atoms with Gasteiger partial charge in [-0.25, -0.2) is 23.2 Å². The molecule has 1 heterocycles. The molecule has 6 nitrogen and oxygen atoms in total. The Balaban J connectivity index is 3.20. The molecular weight excluding hydrogens is 244 g/mol. The molecule has 0 spiro atoms. The van der Waals surface area contributed by atoms with E-state index in [4.69, 9.17) is 11.6 Å². The van der Waals surface area contributed by atoms with Crippen molar-refractivity contribution in [2.24, 2.45) is 0 Å². The summed E-state index contributed by atoms with van der Waals surface area (Å²) in [5, 5.41) is -1.13. The van der Waals surface area contributed by atoms with Crippen molar-refractivity contribution in [2.75, 3.05) is 12.3 Å². The van der Waals surface area contributed by atoms with Crippen LogP contribution in [0, 0.1) is 0 Å². The number of aromatic nitrogens is 2. The Labute approximate surface area is 91.2 Å². The van der Waals surface area contributed by atoms with E-state index in [0.29, 0.717) is 0 Å². The van der Waals surface area contributed by atoms with Gasteiger partial charge in [0.25, 0.3) is 0 Å². The summed E-state index contributed by atoms with van der Waals surface area (Å²) in [5.41, 5.74) is -0.129. The van der Waals surface area contributed by atoms with Gasteiger partial charge in [-0.05, 0) is 6.07 Å². The smallest absolute Gasteiger partial charge is 0.356 e. The number of methoxy groups -OCH3 is 1. The minimum absolute atomic E-state index is 0.129. The molecule has 0 atom stereocenters. The number of carbonyl (C=O) groups is 1. The SMILES string of the molecule is COC(=O)c1ccnc(S(=O)(=O)CCl)n1. The molecule has 1 rings (SSSR count).